The summed E-state index contributed by atoms with van der Waals surface area (Å²) in [4.78, 5) is 25.7. The minimum absolute atomic E-state index is 0.0134. The third kappa shape index (κ3) is 3.48. The van der Waals surface area contributed by atoms with E-state index in [9.17, 15) is 19.8 Å². The number of rotatable bonds is 6. The Bertz CT molecular complexity index is 519. The molecule has 0 bridgehead atoms. The number of aliphatic hydroxyl groups excluding tert-OH is 1. The first-order chi connectivity index (χ1) is 11.2. The lowest BCUT2D eigenvalue weighted by molar-refractivity contribution is -0.184. The Morgan fingerprint density at radius 3 is 2.62 bits per heavy atom. The summed E-state index contributed by atoms with van der Waals surface area (Å²) in [5, 5.41) is 20.2. The molecule has 0 aromatic rings. The summed E-state index contributed by atoms with van der Waals surface area (Å²) >= 11 is 0. The summed E-state index contributed by atoms with van der Waals surface area (Å²) in [5.41, 5.74) is -1.08. The molecule has 7 nitrogen and oxygen atoms in total. The van der Waals surface area contributed by atoms with Crippen LogP contribution in [0.3, 0.4) is 0 Å². The predicted octanol–water partition coefficient (Wildman–Crippen LogP) is 0.244. The van der Waals surface area contributed by atoms with Crippen LogP contribution in [-0.2, 0) is 19.1 Å². The number of carbonyl (C=O) groups excluding carboxylic acids is 2. The Labute approximate surface area is 142 Å². The van der Waals surface area contributed by atoms with E-state index in [2.05, 4.69) is 4.90 Å². The van der Waals surface area contributed by atoms with Crippen molar-refractivity contribution < 1.29 is 29.3 Å². The van der Waals surface area contributed by atoms with Gasteiger partial charge in [-0.2, -0.15) is 0 Å². The highest BCUT2D eigenvalue weighted by Crippen LogP contribution is 2.32. The van der Waals surface area contributed by atoms with Crippen molar-refractivity contribution in [2.75, 3.05) is 19.7 Å². The first kappa shape index (κ1) is 18.9. The van der Waals surface area contributed by atoms with E-state index in [4.69, 9.17) is 9.47 Å². The largest absolute Gasteiger partial charge is 0.460 e. The van der Waals surface area contributed by atoms with Crippen LogP contribution >= 0.6 is 0 Å². The SMILES string of the molecule is CC(=O)O[C@H]1CCN2CC=C(COC(=O)[C@](O)(C(C)C)[C@H](C)O)[C@H]12. The second-order valence-corrected chi connectivity index (χ2v) is 6.89. The highest BCUT2D eigenvalue weighted by Gasteiger charge is 2.47. The molecule has 24 heavy (non-hydrogen) atoms. The third-order valence-corrected chi connectivity index (χ3v) is 4.95. The Hall–Kier alpha value is -1.44. The molecule has 2 heterocycles. The smallest absolute Gasteiger partial charge is 0.341 e. The van der Waals surface area contributed by atoms with Crippen molar-refractivity contribution >= 4 is 11.9 Å². The number of hydrogen-bond donors (Lipinski definition) is 2. The van der Waals surface area contributed by atoms with Crippen LogP contribution in [0.5, 0.6) is 0 Å². The molecule has 2 rings (SSSR count). The second-order valence-electron chi connectivity index (χ2n) is 6.89. The summed E-state index contributed by atoms with van der Waals surface area (Å²) in [6.07, 6.45) is 1.24. The van der Waals surface area contributed by atoms with Gasteiger partial charge in [0.05, 0.1) is 12.1 Å². The Balaban J connectivity index is 2.01. The molecule has 2 N–H and O–H groups in total. The number of carbonyl (C=O) groups is 2. The maximum atomic E-state index is 12.3. The number of nitrogens with zero attached hydrogens (tertiary/aromatic N) is 1. The lowest BCUT2D eigenvalue weighted by Crippen LogP contribution is -2.53. The van der Waals surface area contributed by atoms with Gasteiger partial charge in [-0.3, -0.25) is 9.69 Å². The first-order valence-electron chi connectivity index (χ1n) is 8.35. The first-order valence-corrected chi connectivity index (χ1v) is 8.35. The molecule has 0 unspecified atom stereocenters. The highest BCUT2D eigenvalue weighted by atomic mass is 16.6. The molecule has 2 aliphatic rings. The average molecular weight is 341 g/mol. The normalized spacial score (nSPS) is 27.4. The summed E-state index contributed by atoms with van der Waals surface area (Å²) in [6, 6.07) is -0.0830. The van der Waals surface area contributed by atoms with Gasteiger partial charge in [0, 0.05) is 20.0 Å². The monoisotopic (exact) mass is 341 g/mol. The number of aliphatic hydroxyl groups is 2. The Kier molecular flexibility index (Phi) is 5.67. The second kappa shape index (κ2) is 7.21. The van der Waals surface area contributed by atoms with E-state index in [0.29, 0.717) is 0 Å². The van der Waals surface area contributed by atoms with E-state index in [-0.39, 0.29) is 24.7 Å². The topological polar surface area (TPSA) is 96.3 Å². The average Bonchev–Trinajstić information content (AvgIpc) is 3.06. The van der Waals surface area contributed by atoms with E-state index in [1.165, 1.54) is 13.8 Å². The van der Waals surface area contributed by atoms with Gasteiger partial charge in [0.15, 0.2) is 5.60 Å². The summed E-state index contributed by atoms with van der Waals surface area (Å²) in [7, 11) is 0. The van der Waals surface area contributed by atoms with Gasteiger partial charge in [-0.15, -0.1) is 0 Å². The van der Waals surface area contributed by atoms with Crippen LogP contribution in [0, 0.1) is 5.92 Å². The van der Waals surface area contributed by atoms with E-state index < -0.39 is 23.6 Å². The maximum Gasteiger partial charge on any atom is 0.341 e. The van der Waals surface area contributed by atoms with Crippen LogP contribution in [-0.4, -0.2) is 70.6 Å². The van der Waals surface area contributed by atoms with Crippen molar-refractivity contribution in [2.45, 2.75) is 58.0 Å². The molecule has 136 valence electrons. The van der Waals surface area contributed by atoms with Crippen molar-refractivity contribution in [3.63, 3.8) is 0 Å². The van der Waals surface area contributed by atoms with Gasteiger partial charge in [-0.05, 0) is 24.8 Å². The molecule has 0 spiro atoms. The van der Waals surface area contributed by atoms with E-state index >= 15 is 0 Å². The minimum Gasteiger partial charge on any atom is -0.460 e. The zero-order valence-corrected chi connectivity index (χ0v) is 14.7. The summed E-state index contributed by atoms with van der Waals surface area (Å²) < 4.78 is 10.6. The van der Waals surface area contributed by atoms with Crippen LogP contribution < -0.4 is 0 Å². The molecule has 0 saturated carbocycles. The van der Waals surface area contributed by atoms with Crippen molar-refractivity contribution in [1.82, 2.24) is 4.90 Å². The van der Waals surface area contributed by atoms with Crippen LogP contribution in [0.15, 0.2) is 11.6 Å². The van der Waals surface area contributed by atoms with E-state index in [0.717, 1.165) is 25.1 Å². The van der Waals surface area contributed by atoms with E-state index in [1.807, 2.05) is 6.08 Å². The molecule has 1 fully saturated rings. The maximum absolute atomic E-state index is 12.3. The highest BCUT2D eigenvalue weighted by molar-refractivity contribution is 5.80. The number of fused-ring (bicyclic) bond motifs is 1. The Morgan fingerprint density at radius 1 is 1.42 bits per heavy atom. The van der Waals surface area contributed by atoms with Crippen molar-refractivity contribution in [2.24, 2.45) is 5.92 Å². The fraction of sp³-hybridized carbons (Fsp3) is 0.765. The minimum atomic E-state index is -1.94. The molecule has 0 aromatic carbocycles. The third-order valence-electron chi connectivity index (χ3n) is 4.95. The van der Waals surface area contributed by atoms with Crippen molar-refractivity contribution in [3.8, 4) is 0 Å². The molecular formula is C17H27NO6. The standard InChI is InChI=1S/C17H27NO6/c1-10(2)17(22,11(3)19)16(21)23-9-13-5-7-18-8-6-14(15(13)18)24-12(4)20/h5,10-11,14-15,19,22H,6-9H2,1-4H3/t11-,14-,15+,17-/m0/s1. The van der Waals surface area contributed by atoms with Gasteiger partial charge < -0.3 is 19.7 Å². The van der Waals surface area contributed by atoms with Crippen LogP contribution in [0.2, 0.25) is 0 Å². The molecule has 4 atom stereocenters. The molecule has 2 aliphatic heterocycles. The molecule has 0 aromatic heterocycles. The van der Waals surface area contributed by atoms with Gasteiger partial charge in [-0.25, -0.2) is 4.79 Å². The quantitative estimate of drug-likeness (QED) is 0.528. The number of hydrogen-bond acceptors (Lipinski definition) is 7. The molecule has 0 radical (unpaired) electrons. The zero-order chi connectivity index (χ0) is 18.1. The van der Waals surface area contributed by atoms with Crippen molar-refractivity contribution in [1.29, 1.82) is 0 Å². The predicted molar refractivity (Wildman–Crippen MR) is 86.0 cm³/mol. The van der Waals surface area contributed by atoms with Gasteiger partial charge in [0.2, 0.25) is 0 Å². The van der Waals surface area contributed by atoms with Crippen LogP contribution in [0.25, 0.3) is 0 Å². The fourth-order valence-corrected chi connectivity index (χ4v) is 3.49. The van der Waals surface area contributed by atoms with Crippen LogP contribution in [0.4, 0.5) is 0 Å². The number of esters is 2. The van der Waals surface area contributed by atoms with Crippen LogP contribution in [0.1, 0.15) is 34.1 Å². The Morgan fingerprint density at radius 2 is 2.08 bits per heavy atom. The van der Waals surface area contributed by atoms with Crippen molar-refractivity contribution in [3.05, 3.63) is 11.6 Å². The lowest BCUT2D eigenvalue weighted by atomic mass is 9.85. The molecular weight excluding hydrogens is 314 g/mol. The van der Waals surface area contributed by atoms with Gasteiger partial charge in [0.25, 0.3) is 0 Å². The zero-order valence-electron chi connectivity index (χ0n) is 14.7. The van der Waals surface area contributed by atoms with Gasteiger partial charge in [-0.1, -0.05) is 19.9 Å². The fourth-order valence-electron chi connectivity index (χ4n) is 3.49. The molecule has 1 saturated heterocycles. The summed E-state index contributed by atoms with van der Waals surface area (Å²) in [5.74, 6) is -1.65. The molecule has 0 aliphatic carbocycles. The molecule has 7 heteroatoms. The lowest BCUT2D eigenvalue weighted by Gasteiger charge is -2.32. The van der Waals surface area contributed by atoms with Gasteiger partial charge >= 0.3 is 11.9 Å². The molecule has 0 amide bonds. The number of ether oxygens (including phenoxy) is 2. The van der Waals surface area contributed by atoms with Gasteiger partial charge in [0.1, 0.15) is 12.7 Å². The van der Waals surface area contributed by atoms with E-state index in [1.54, 1.807) is 13.8 Å². The summed E-state index contributed by atoms with van der Waals surface area (Å²) in [6.45, 7) is 7.61.